The van der Waals surface area contributed by atoms with Gasteiger partial charge in [0.2, 0.25) is 0 Å². The van der Waals surface area contributed by atoms with Gasteiger partial charge in [-0.2, -0.15) is 0 Å². The van der Waals surface area contributed by atoms with Crippen LogP contribution in [-0.4, -0.2) is 6.21 Å². The summed E-state index contributed by atoms with van der Waals surface area (Å²) in [6.07, 6.45) is 4.24. The third-order valence-electron chi connectivity index (χ3n) is 3.07. The van der Waals surface area contributed by atoms with E-state index in [1.807, 2.05) is 6.21 Å². The fourth-order valence-corrected chi connectivity index (χ4v) is 2.31. The Hall–Kier alpha value is -1.63. The minimum Gasteiger partial charge on any atom is -0.260 e. The van der Waals surface area contributed by atoms with E-state index in [0.717, 1.165) is 12.8 Å². The third kappa shape index (κ3) is 1.27. The first kappa shape index (κ1) is 8.66. The molecule has 15 heavy (non-hydrogen) atoms. The lowest BCUT2D eigenvalue weighted by Crippen LogP contribution is -1.94. The fourth-order valence-electron chi connectivity index (χ4n) is 2.31. The van der Waals surface area contributed by atoms with Crippen LogP contribution in [0.1, 0.15) is 17.5 Å². The highest BCUT2D eigenvalue weighted by atomic mass is 14.7. The summed E-state index contributed by atoms with van der Waals surface area (Å²) in [5.41, 5.74) is 3.90. The first-order valence-corrected chi connectivity index (χ1v) is 5.40. The van der Waals surface area contributed by atoms with Crippen LogP contribution < -0.4 is 0 Å². The molecule has 1 nitrogen and oxygen atoms in total. The van der Waals surface area contributed by atoms with Gasteiger partial charge in [0.05, 0.1) is 5.69 Å². The smallest absolute Gasteiger partial charge is 0.0738 e. The molecule has 2 aromatic rings. The number of aryl methyl sites for hydroxylation is 2. The average Bonchev–Trinajstić information content (AvgIpc) is 2.29. The molecule has 0 spiro atoms. The molecule has 0 bridgehead atoms. The van der Waals surface area contributed by atoms with Crippen LogP contribution in [0, 0.1) is 6.92 Å². The van der Waals surface area contributed by atoms with E-state index in [2.05, 4.69) is 42.2 Å². The van der Waals surface area contributed by atoms with E-state index in [1.54, 1.807) is 0 Å². The van der Waals surface area contributed by atoms with Gasteiger partial charge >= 0.3 is 0 Å². The molecule has 1 heteroatoms. The van der Waals surface area contributed by atoms with Crippen LogP contribution in [0.4, 0.5) is 5.69 Å². The summed E-state index contributed by atoms with van der Waals surface area (Å²) in [5.74, 6) is 0. The van der Waals surface area contributed by atoms with Crippen molar-refractivity contribution in [3.63, 3.8) is 0 Å². The van der Waals surface area contributed by atoms with Gasteiger partial charge in [0.25, 0.3) is 0 Å². The number of hydrogen-bond acceptors (Lipinski definition) is 1. The SMILES string of the molecule is Cc1cccc2ccc3c(c12)N=CCC3. The molecule has 0 atom stereocenters. The molecule has 0 fully saturated rings. The molecule has 0 aromatic heterocycles. The number of rotatable bonds is 0. The van der Waals surface area contributed by atoms with E-state index in [-0.39, 0.29) is 0 Å². The maximum Gasteiger partial charge on any atom is 0.0738 e. The molecule has 1 aliphatic rings. The van der Waals surface area contributed by atoms with Crippen molar-refractivity contribution in [2.75, 3.05) is 0 Å². The molecule has 0 saturated carbocycles. The van der Waals surface area contributed by atoms with E-state index >= 15 is 0 Å². The summed E-state index contributed by atoms with van der Waals surface area (Å²) < 4.78 is 0. The minimum atomic E-state index is 1.07. The van der Waals surface area contributed by atoms with Gasteiger partial charge in [0.15, 0.2) is 0 Å². The standard InChI is InChI=1S/C14H13N/c1-10-4-2-5-11-7-8-12-6-3-9-15-14(12)13(10)11/h2,4-5,7-9H,3,6H2,1H3. The number of aliphatic imine (C=N–C) groups is 1. The Labute approximate surface area is 89.5 Å². The van der Waals surface area contributed by atoms with Gasteiger partial charge in [-0.3, -0.25) is 4.99 Å². The van der Waals surface area contributed by atoms with Crippen molar-refractivity contribution >= 4 is 22.7 Å². The van der Waals surface area contributed by atoms with Crippen LogP contribution in [-0.2, 0) is 6.42 Å². The highest BCUT2D eigenvalue weighted by Gasteiger charge is 2.10. The summed E-state index contributed by atoms with van der Waals surface area (Å²) in [6, 6.07) is 10.9. The number of benzene rings is 2. The maximum atomic E-state index is 4.56. The van der Waals surface area contributed by atoms with Crippen LogP contribution in [0.3, 0.4) is 0 Å². The Morgan fingerprint density at radius 3 is 3.00 bits per heavy atom. The van der Waals surface area contributed by atoms with Crippen molar-refractivity contribution in [2.24, 2.45) is 4.99 Å². The zero-order chi connectivity index (χ0) is 10.3. The molecule has 0 saturated heterocycles. The van der Waals surface area contributed by atoms with E-state index < -0.39 is 0 Å². The molecular weight excluding hydrogens is 182 g/mol. The summed E-state index contributed by atoms with van der Waals surface area (Å²) in [6.45, 7) is 2.16. The van der Waals surface area contributed by atoms with Crippen molar-refractivity contribution < 1.29 is 0 Å². The normalized spacial score (nSPS) is 14.2. The van der Waals surface area contributed by atoms with Crippen molar-refractivity contribution in [3.05, 3.63) is 41.5 Å². The summed E-state index contributed by atoms with van der Waals surface area (Å²) in [5, 5.41) is 2.62. The van der Waals surface area contributed by atoms with Gasteiger partial charge in [-0.15, -0.1) is 0 Å². The van der Waals surface area contributed by atoms with E-state index in [4.69, 9.17) is 0 Å². The molecule has 2 aromatic carbocycles. The Kier molecular flexibility index (Phi) is 1.84. The lowest BCUT2D eigenvalue weighted by Gasteiger charge is -2.13. The van der Waals surface area contributed by atoms with E-state index in [0.29, 0.717) is 0 Å². The number of fused-ring (bicyclic) bond motifs is 3. The second-order valence-electron chi connectivity index (χ2n) is 4.10. The van der Waals surface area contributed by atoms with Crippen molar-refractivity contribution in [1.82, 2.24) is 0 Å². The van der Waals surface area contributed by atoms with Crippen LogP contribution in [0.25, 0.3) is 10.8 Å². The molecule has 0 amide bonds. The Morgan fingerprint density at radius 1 is 1.13 bits per heavy atom. The summed E-state index contributed by atoms with van der Waals surface area (Å²) >= 11 is 0. The molecule has 0 unspecified atom stereocenters. The number of hydrogen-bond donors (Lipinski definition) is 0. The molecule has 1 heterocycles. The highest BCUT2D eigenvalue weighted by Crippen LogP contribution is 2.34. The fraction of sp³-hybridized carbons (Fsp3) is 0.214. The zero-order valence-electron chi connectivity index (χ0n) is 8.83. The predicted molar refractivity (Wildman–Crippen MR) is 65.2 cm³/mol. The second-order valence-corrected chi connectivity index (χ2v) is 4.10. The Bertz CT molecular complexity index is 553. The molecule has 0 N–H and O–H groups in total. The zero-order valence-corrected chi connectivity index (χ0v) is 8.83. The van der Waals surface area contributed by atoms with E-state index in [9.17, 15) is 0 Å². The minimum absolute atomic E-state index is 1.07. The van der Waals surface area contributed by atoms with Gasteiger partial charge in [0.1, 0.15) is 0 Å². The van der Waals surface area contributed by atoms with Gasteiger partial charge < -0.3 is 0 Å². The average molecular weight is 195 g/mol. The predicted octanol–water partition coefficient (Wildman–Crippen LogP) is 3.80. The molecular formula is C14H13N. The van der Waals surface area contributed by atoms with Crippen LogP contribution in [0.5, 0.6) is 0 Å². The third-order valence-corrected chi connectivity index (χ3v) is 3.07. The van der Waals surface area contributed by atoms with Crippen LogP contribution >= 0.6 is 0 Å². The first-order valence-electron chi connectivity index (χ1n) is 5.40. The van der Waals surface area contributed by atoms with Crippen LogP contribution in [0.2, 0.25) is 0 Å². The molecule has 0 aliphatic carbocycles. The summed E-state index contributed by atoms with van der Waals surface area (Å²) in [4.78, 5) is 4.56. The van der Waals surface area contributed by atoms with Gasteiger partial charge in [-0.1, -0.05) is 30.3 Å². The van der Waals surface area contributed by atoms with Crippen molar-refractivity contribution in [1.29, 1.82) is 0 Å². The quantitative estimate of drug-likeness (QED) is 0.606. The van der Waals surface area contributed by atoms with Crippen molar-refractivity contribution in [2.45, 2.75) is 19.8 Å². The number of nitrogens with zero attached hydrogens (tertiary/aromatic N) is 1. The lowest BCUT2D eigenvalue weighted by molar-refractivity contribution is 1.03. The second kappa shape index (κ2) is 3.20. The van der Waals surface area contributed by atoms with Crippen molar-refractivity contribution in [3.8, 4) is 0 Å². The highest BCUT2D eigenvalue weighted by molar-refractivity contribution is 5.98. The Balaban J connectivity index is 2.46. The van der Waals surface area contributed by atoms with Gasteiger partial charge in [0, 0.05) is 11.6 Å². The van der Waals surface area contributed by atoms with E-state index in [1.165, 1.54) is 27.6 Å². The van der Waals surface area contributed by atoms with Gasteiger partial charge in [-0.05, 0) is 36.3 Å². The molecule has 1 aliphatic heterocycles. The summed E-state index contributed by atoms with van der Waals surface area (Å²) in [7, 11) is 0. The largest absolute Gasteiger partial charge is 0.260 e. The Morgan fingerprint density at radius 2 is 2.07 bits per heavy atom. The topological polar surface area (TPSA) is 12.4 Å². The molecule has 0 radical (unpaired) electrons. The monoisotopic (exact) mass is 195 g/mol. The van der Waals surface area contributed by atoms with Gasteiger partial charge in [-0.25, -0.2) is 0 Å². The maximum absolute atomic E-state index is 4.56. The molecule has 3 rings (SSSR count). The lowest BCUT2D eigenvalue weighted by atomic mass is 9.96. The molecule has 74 valence electrons. The van der Waals surface area contributed by atoms with Crippen LogP contribution in [0.15, 0.2) is 35.3 Å². The first-order chi connectivity index (χ1) is 7.36.